The van der Waals surface area contributed by atoms with Crippen molar-refractivity contribution in [3.8, 4) is 0 Å². The van der Waals surface area contributed by atoms with E-state index in [0.717, 1.165) is 20.0 Å². The molecule has 4 fully saturated rings. The minimum absolute atomic E-state index is 0.0708. The molecule has 2 aliphatic carbocycles. The molecule has 4 aliphatic rings. The van der Waals surface area contributed by atoms with Crippen molar-refractivity contribution in [2.75, 3.05) is 13.7 Å². The molecular weight excluding hydrogens is 513 g/mol. The highest BCUT2D eigenvalue weighted by Crippen LogP contribution is 2.70. The van der Waals surface area contributed by atoms with Gasteiger partial charge in [-0.05, 0) is 42.9 Å². The number of aliphatic hydroxyl groups is 1. The van der Waals surface area contributed by atoms with Crippen LogP contribution in [0.3, 0.4) is 0 Å². The summed E-state index contributed by atoms with van der Waals surface area (Å²) in [6, 6.07) is 6.92. The maximum absolute atomic E-state index is 15.0. The van der Waals surface area contributed by atoms with Crippen LogP contribution in [0.15, 0.2) is 30.3 Å². The van der Waals surface area contributed by atoms with Crippen molar-refractivity contribution in [3.63, 3.8) is 0 Å². The number of carbonyl (C=O) groups is 2. The number of carbonyl (C=O) groups excluding carboxylic acids is 2. The average molecular weight is 553 g/mol. The van der Waals surface area contributed by atoms with E-state index < -0.39 is 63.5 Å². The second kappa shape index (κ2) is 9.02. The summed E-state index contributed by atoms with van der Waals surface area (Å²) in [5.74, 6) is -4.31. The Kier molecular flexibility index (Phi) is 6.60. The summed E-state index contributed by atoms with van der Waals surface area (Å²) in [5, 5.41) is 12.0. The Morgan fingerprint density at radius 1 is 1.08 bits per heavy atom. The number of rotatable bonds is 4. The molecule has 1 aromatic rings. The first-order valence-electron chi connectivity index (χ1n) is 13.9. The van der Waals surface area contributed by atoms with E-state index in [0.29, 0.717) is 19.3 Å². The molecule has 9 heteroatoms. The fraction of sp³-hybridized carbons (Fsp3) is 0.733. The molecule has 0 aromatic heterocycles. The quantitative estimate of drug-likeness (QED) is 0.507. The average Bonchev–Trinajstić information content (AvgIpc) is 3.41. The first-order valence-corrected chi connectivity index (χ1v) is 13.9. The number of cyclic esters (lactones) is 1. The third-order valence-corrected chi connectivity index (χ3v) is 10.8. The van der Waals surface area contributed by atoms with Gasteiger partial charge in [-0.1, -0.05) is 64.4 Å². The molecule has 2 saturated heterocycles. The number of hydrogen-bond acceptors (Lipinski definition) is 6. The van der Waals surface area contributed by atoms with E-state index in [1.54, 1.807) is 13.0 Å². The molecule has 2 heterocycles. The van der Waals surface area contributed by atoms with E-state index in [-0.39, 0.29) is 24.6 Å². The predicted molar refractivity (Wildman–Crippen MR) is 135 cm³/mol. The van der Waals surface area contributed by atoms with Gasteiger partial charge >= 0.3 is 12.1 Å². The Labute approximate surface area is 227 Å². The van der Waals surface area contributed by atoms with Gasteiger partial charge in [0, 0.05) is 18.1 Å². The lowest BCUT2D eigenvalue weighted by molar-refractivity contribution is -0.296. The van der Waals surface area contributed by atoms with Crippen LogP contribution in [-0.2, 0) is 29.4 Å². The molecule has 6 nitrogen and oxygen atoms in total. The van der Waals surface area contributed by atoms with Crippen LogP contribution in [0.1, 0.15) is 71.8 Å². The highest BCUT2D eigenvalue weighted by atomic mass is 19.4. The summed E-state index contributed by atoms with van der Waals surface area (Å²) < 4.78 is 62.5. The minimum Gasteiger partial charge on any atom is -0.463 e. The molecule has 39 heavy (non-hydrogen) atoms. The highest BCUT2D eigenvalue weighted by Gasteiger charge is 2.75. The molecule has 0 radical (unpaired) electrons. The van der Waals surface area contributed by atoms with Gasteiger partial charge in [0.05, 0.1) is 24.0 Å². The number of aliphatic hydroxyl groups excluding tert-OH is 1. The number of hydrogen-bond donors (Lipinski definition) is 1. The van der Waals surface area contributed by atoms with E-state index in [1.807, 2.05) is 13.8 Å². The van der Waals surface area contributed by atoms with Gasteiger partial charge in [-0.3, -0.25) is 9.59 Å². The fourth-order valence-corrected chi connectivity index (χ4v) is 9.21. The monoisotopic (exact) mass is 552 g/mol. The van der Waals surface area contributed by atoms with Gasteiger partial charge in [-0.2, -0.15) is 13.2 Å². The zero-order valence-corrected chi connectivity index (χ0v) is 23.3. The third-order valence-electron chi connectivity index (χ3n) is 10.8. The minimum atomic E-state index is -5.08. The highest BCUT2D eigenvalue weighted by molar-refractivity contribution is 5.92. The summed E-state index contributed by atoms with van der Waals surface area (Å²) in [5.41, 5.74) is -6.61. The number of esters is 1. The van der Waals surface area contributed by atoms with Crippen LogP contribution in [0.25, 0.3) is 0 Å². The predicted octanol–water partition coefficient (Wildman–Crippen LogP) is 5.35. The molecular formula is C30H39F3O6. The molecule has 8 atom stereocenters. The van der Waals surface area contributed by atoms with Crippen molar-refractivity contribution < 1.29 is 42.1 Å². The summed E-state index contributed by atoms with van der Waals surface area (Å²) >= 11 is 0. The molecule has 1 aromatic carbocycles. The number of Topliss-reactive ketones (excluding diaryl/α,β-unsaturated/α-hetero) is 1. The second-order valence-electron chi connectivity index (χ2n) is 13.2. The lowest BCUT2D eigenvalue weighted by Gasteiger charge is -2.67. The van der Waals surface area contributed by atoms with Crippen molar-refractivity contribution in [3.05, 3.63) is 35.9 Å². The largest absolute Gasteiger partial charge is 0.463 e. The van der Waals surface area contributed by atoms with Crippen LogP contribution in [0.4, 0.5) is 13.2 Å². The van der Waals surface area contributed by atoms with E-state index in [2.05, 4.69) is 6.92 Å². The molecule has 2 spiro atoms. The van der Waals surface area contributed by atoms with Crippen LogP contribution in [0.2, 0.25) is 0 Å². The van der Waals surface area contributed by atoms with E-state index in [9.17, 15) is 14.7 Å². The Morgan fingerprint density at radius 2 is 1.74 bits per heavy atom. The summed E-state index contributed by atoms with van der Waals surface area (Å²) in [4.78, 5) is 26.6. The second-order valence-corrected chi connectivity index (χ2v) is 13.2. The van der Waals surface area contributed by atoms with Crippen LogP contribution >= 0.6 is 0 Å². The van der Waals surface area contributed by atoms with Crippen LogP contribution in [0.5, 0.6) is 0 Å². The maximum atomic E-state index is 15.0. The first-order chi connectivity index (χ1) is 18.1. The molecule has 0 unspecified atom stereocenters. The lowest BCUT2D eigenvalue weighted by Crippen LogP contribution is -2.72. The fourth-order valence-electron chi connectivity index (χ4n) is 9.21. The molecule has 0 bridgehead atoms. The van der Waals surface area contributed by atoms with E-state index >= 15 is 13.2 Å². The summed E-state index contributed by atoms with van der Waals surface area (Å²) in [6.07, 6.45) is -3.09. The van der Waals surface area contributed by atoms with Crippen molar-refractivity contribution in [1.29, 1.82) is 0 Å². The first kappa shape index (κ1) is 28.6. The number of ketones is 1. The smallest absolute Gasteiger partial charge is 0.428 e. The van der Waals surface area contributed by atoms with Crippen LogP contribution in [0, 0.1) is 28.6 Å². The Hall–Kier alpha value is -1.97. The molecule has 0 amide bonds. The van der Waals surface area contributed by atoms with Crippen molar-refractivity contribution in [1.82, 2.24) is 0 Å². The van der Waals surface area contributed by atoms with Gasteiger partial charge in [-0.25, -0.2) is 0 Å². The normalized spacial score (nSPS) is 41.3. The summed E-state index contributed by atoms with van der Waals surface area (Å²) in [7, 11) is 0.894. The lowest BCUT2D eigenvalue weighted by atomic mass is 9.41. The number of halogens is 3. The van der Waals surface area contributed by atoms with Crippen molar-refractivity contribution in [2.45, 2.75) is 95.3 Å². The zero-order valence-electron chi connectivity index (χ0n) is 23.3. The molecule has 1 N–H and O–H groups in total. The zero-order chi connectivity index (χ0) is 28.6. The van der Waals surface area contributed by atoms with Gasteiger partial charge < -0.3 is 19.3 Å². The topological polar surface area (TPSA) is 82.1 Å². The number of methoxy groups -OCH3 is 1. The maximum Gasteiger partial charge on any atom is 0.428 e. The molecule has 2 saturated carbocycles. The SMILES string of the molecule is CO[C@@](C(=O)[C@H]1[C@@H](O)[C@H]2C(C)(C)CCC[C@]2(C)[C@@]2(CC[C@]3(COC(=O)C3)O2)[C@H]1C)(c1ccccc1)C(F)(F)F. The van der Waals surface area contributed by atoms with Crippen LogP contribution < -0.4 is 0 Å². The van der Waals surface area contributed by atoms with Crippen LogP contribution in [-0.4, -0.2) is 54.1 Å². The Bertz CT molecular complexity index is 1140. The van der Waals surface area contributed by atoms with Gasteiger partial charge in [0.2, 0.25) is 5.60 Å². The third kappa shape index (κ3) is 3.78. The Balaban J connectivity index is 1.69. The van der Waals surface area contributed by atoms with E-state index in [1.165, 1.54) is 24.3 Å². The molecule has 216 valence electrons. The summed E-state index contributed by atoms with van der Waals surface area (Å²) in [6.45, 7) is 7.90. The van der Waals surface area contributed by atoms with E-state index in [4.69, 9.17) is 14.2 Å². The number of ether oxygens (including phenoxy) is 3. The number of benzene rings is 1. The number of fused-ring (bicyclic) bond motifs is 2. The van der Waals surface area contributed by atoms with Gasteiger partial charge in [0.25, 0.3) is 0 Å². The molecule has 2 aliphatic heterocycles. The van der Waals surface area contributed by atoms with Crippen molar-refractivity contribution in [2.24, 2.45) is 28.6 Å². The molecule has 5 rings (SSSR count). The number of alkyl halides is 3. The van der Waals surface area contributed by atoms with Gasteiger partial charge in [0.15, 0.2) is 5.78 Å². The van der Waals surface area contributed by atoms with Gasteiger partial charge in [-0.15, -0.1) is 0 Å². The standard InChI is InChI=1S/C30H39F3O6/c1-18-21(24(36)29(37-5,30(31,32)33)19-10-7-6-8-11-19)22(35)23-25(2,3)12-9-13-26(23,4)28(18)15-14-27(39-28)16-20(34)38-17-27/h6-8,10-11,18,21-23,35H,9,12-17H2,1-5H3/t18-,21+,22+,23-,26-,27-,28+,29+/m0/s1. The van der Waals surface area contributed by atoms with Gasteiger partial charge in [0.1, 0.15) is 12.2 Å². The van der Waals surface area contributed by atoms with Crippen molar-refractivity contribution >= 4 is 11.8 Å². The Morgan fingerprint density at radius 3 is 2.31 bits per heavy atom.